The van der Waals surface area contributed by atoms with Crippen LogP contribution in [0, 0.1) is 6.92 Å². The Morgan fingerprint density at radius 3 is 2.60 bits per heavy atom. The van der Waals surface area contributed by atoms with Crippen molar-refractivity contribution >= 4 is 21.8 Å². The fourth-order valence-corrected chi connectivity index (χ4v) is 1.53. The predicted octanol–water partition coefficient (Wildman–Crippen LogP) is 2.83. The zero-order valence-electron chi connectivity index (χ0n) is 9.50. The normalized spacial score (nSPS) is 11.5. The lowest BCUT2D eigenvalue weighted by atomic mass is 10.1. The Kier molecular flexibility index (Phi) is 3.60. The van der Waals surface area contributed by atoms with E-state index in [1.165, 1.54) is 6.26 Å². The van der Waals surface area contributed by atoms with Crippen LogP contribution in [0.5, 0.6) is 0 Å². The van der Waals surface area contributed by atoms with Crippen molar-refractivity contribution in [3.63, 3.8) is 0 Å². The number of nitrogens with zero attached hydrogens (tertiary/aromatic N) is 1. The van der Waals surface area contributed by atoms with Crippen molar-refractivity contribution in [2.24, 2.45) is 0 Å². The summed E-state index contributed by atoms with van der Waals surface area (Å²) in [7, 11) is 1.80. The van der Waals surface area contributed by atoms with Crippen LogP contribution in [0.25, 0.3) is 0 Å². The van der Waals surface area contributed by atoms with Gasteiger partial charge in [-0.2, -0.15) is 0 Å². The molecule has 1 aromatic rings. The van der Waals surface area contributed by atoms with Gasteiger partial charge in [0.2, 0.25) is 0 Å². The third-order valence-corrected chi connectivity index (χ3v) is 4.00. The van der Waals surface area contributed by atoms with Crippen molar-refractivity contribution in [1.82, 2.24) is 4.90 Å². The van der Waals surface area contributed by atoms with Crippen molar-refractivity contribution in [3.05, 3.63) is 23.7 Å². The van der Waals surface area contributed by atoms with E-state index in [-0.39, 0.29) is 11.4 Å². The Morgan fingerprint density at radius 1 is 1.60 bits per heavy atom. The minimum absolute atomic E-state index is 0.00861. The molecular formula is C11H16BrNO2. The molecule has 15 heavy (non-hydrogen) atoms. The minimum Gasteiger partial charge on any atom is -0.469 e. The second-order valence-electron chi connectivity index (χ2n) is 4.20. The highest BCUT2D eigenvalue weighted by Gasteiger charge is 2.28. The van der Waals surface area contributed by atoms with E-state index < -0.39 is 0 Å². The van der Waals surface area contributed by atoms with E-state index in [0.29, 0.717) is 11.3 Å². The van der Waals surface area contributed by atoms with Crippen molar-refractivity contribution in [1.29, 1.82) is 0 Å². The number of hydrogen-bond acceptors (Lipinski definition) is 2. The topological polar surface area (TPSA) is 33.5 Å². The van der Waals surface area contributed by atoms with Gasteiger partial charge in [-0.15, -0.1) is 0 Å². The molecule has 0 saturated heterocycles. The van der Waals surface area contributed by atoms with Gasteiger partial charge < -0.3 is 9.32 Å². The first-order valence-corrected chi connectivity index (χ1v) is 5.90. The smallest absolute Gasteiger partial charge is 0.257 e. The SMILES string of the molecule is Cc1occc1C(=O)N(C)C(C)(C)CBr. The fourth-order valence-electron chi connectivity index (χ4n) is 1.15. The second kappa shape index (κ2) is 4.39. The number of aryl methyl sites for hydroxylation is 1. The van der Waals surface area contributed by atoms with Crippen LogP contribution in [-0.4, -0.2) is 28.7 Å². The molecule has 1 aromatic heterocycles. The summed E-state index contributed by atoms with van der Waals surface area (Å²) in [6.07, 6.45) is 1.54. The molecule has 1 heterocycles. The zero-order chi connectivity index (χ0) is 11.6. The molecule has 0 aliphatic carbocycles. The molecular weight excluding hydrogens is 258 g/mol. The lowest BCUT2D eigenvalue weighted by molar-refractivity contribution is 0.0662. The molecule has 0 N–H and O–H groups in total. The van der Waals surface area contributed by atoms with Gasteiger partial charge in [-0.05, 0) is 26.8 Å². The number of amides is 1. The van der Waals surface area contributed by atoms with E-state index in [0.717, 1.165) is 5.33 Å². The van der Waals surface area contributed by atoms with Crippen molar-refractivity contribution in [2.75, 3.05) is 12.4 Å². The van der Waals surface area contributed by atoms with Gasteiger partial charge in [0.05, 0.1) is 11.8 Å². The van der Waals surface area contributed by atoms with Crippen LogP contribution < -0.4 is 0 Å². The van der Waals surface area contributed by atoms with Crippen molar-refractivity contribution in [3.8, 4) is 0 Å². The molecule has 0 aliphatic rings. The maximum absolute atomic E-state index is 12.1. The number of halogens is 1. The first-order chi connectivity index (χ1) is 6.90. The summed E-state index contributed by atoms with van der Waals surface area (Å²) in [5.41, 5.74) is 0.423. The lowest BCUT2D eigenvalue weighted by Crippen LogP contribution is -2.46. The summed E-state index contributed by atoms with van der Waals surface area (Å²) in [5, 5.41) is 0.735. The Balaban J connectivity index is 2.92. The zero-order valence-corrected chi connectivity index (χ0v) is 11.1. The fraction of sp³-hybridized carbons (Fsp3) is 0.545. The highest BCUT2D eigenvalue weighted by Crippen LogP contribution is 2.20. The van der Waals surface area contributed by atoms with E-state index in [1.807, 2.05) is 13.8 Å². The first-order valence-electron chi connectivity index (χ1n) is 4.78. The van der Waals surface area contributed by atoms with E-state index in [4.69, 9.17) is 4.42 Å². The Labute approximate surface area is 98.6 Å². The van der Waals surface area contributed by atoms with Crippen LogP contribution >= 0.6 is 15.9 Å². The lowest BCUT2D eigenvalue weighted by Gasteiger charge is -2.33. The highest BCUT2D eigenvalue weighted by molar-refractivity contribution is 9.09. The molecule has 0 spiro atoms. The summed E-state index contributed by atoms with van der Waals surface area (Å²) in [5.74, 6) is 0.655. The van der Waals surface area contributed by atoms with Gasteiger partial charge in [0.15, 0.2) is 0 Å². The average Bonchev–Trinajstić information content (AvgIpc) is 2.62. The number of alkyl halides is 1. The molecule has 1 rings (SSSR count). The van der Waals surface area contributed by atoms with E-state index in [1.54, 1.807) is 24.9 Å². The quantitative estimate of drug-likeness (QED) is 0.794. The van der Waals surface area contributed by atoms with Gasteiger partial charge in [-0.1, -0.05) is 15.9 Å². The van der Waals surface area contributed by atoms with Gasteiger partial charge >= 0.3 is 0 Å². The summed E-state index contributed by atoms with van der Waals surface area (Å²) in [4.78, 5) is 13.8. The Hall–Kier alpha value is -0.770. The highest BCUT2D eigenvalue weighted by atomic mass is 79.9. The third-order valence-electron chi connectivity index (χ3n) is 2.63. The Morgan fingerprint density at radius 2 is 2.20 bits per heavy atom. The van der Waals surface area contributed by atoms with E-state index in [9.17, 15) is 4.79 Å². The largest absolute Gasteiger partial charge is 0.469 e. The Bertz CT molecular complexity index is 357. The molecule has 0 atom stereocenters. The summed E-state index contributed by atoms with van der Waals surface area (Å²) < 4.78 is 5.12. The van der Waals surface area contributed by atoms with Gasteiger partial charge in [0, 0.05) is 17.9 Å². The molecule has 0 unspecified atom stereocenters. The van der Waals surface area contributed by atoms with Crippen molar-refractivity contribution < 1.29 is 9.21 Å². The maximum atomic E-state index is 12.1. The van der Waals surface area contributed by atoms with Gasteiger partial charge in [-0.3, -0.25) is 4.79 Å². The number of carbonyl (C=O) groups excluding carboxylic acids is 1. The maximum Gasteiger partial charge on any atom is 0.257 e. The predicted molar refractivity (Wildman–Crippen MR) is 63.4 cm³/mol. The van der Waals surface area contributed by atoms with Gasteiger partial charge in [0.25, 0.3) is 5.91 Å². The molecule has 0 fully saturated rings. The van der Waals surface area contributed by atoms with Crippen LogP contribution in [0.3, 0.4) is 0 Å². The third kappa shape index (κ3) is 2.43. The number of carbonyl (C=O) groups is 1. The van der Waals surface area contributed by atoms with Gasteiger partial charge in [0.1, 0.15) is 5.76 Å². The standard InChI is InChI=1S/C11H16BrNO2/c1-8-9(5-6-15-8)10(14)13(4)11(2,3)7-12/h5-6H,7H2,1-4H3. The second-order valence-corrected chi connectivity index (χ2v) is 4.76. The molecule has 0 saturated carbocycles. The molecule has 4 heteroatoms. The van der Waals surface area contributed by atoms with E-state index >= 15 is 0 Å². The number of rotatable bonds is 3. The van der Waals surface area contributed by atoms with Crippen LogP contribution in [-0.2, 0) is 0 Å². The summed E-state index contributed by atoms with van der Waals surface area (Å²) in [6, 6.07) is 1.71. The molecule has 0 bridgehead atoms. The molecule has 0 aromatic carbocycles. The first kappa shape index (κ1) is 12.3. The van der Waals surface area contributed by atoms with Crippen LogP contribution in [0.1, 0.15) is 30.0 Å². The number of furan rings is 1. The molecule has 3 nitrogen and oxygen atoms in total. The molecule has 0 radical (unpaired) electrons. The van der Waals surface area contributed by atoms with E-state index in [2.05, 4.69) is 15.9 Å². The van der Waals surface area contributed by atoms with Gasteiger partial charge in [-0.25, -0.2) is 0 Å². The monoisotopic (exact) mass is 273 g/mol. The average molecular weight is 274 g/mol. The summed E-state index contributed by atoms with van der Waals surface area (Å²) in [6.45, 7) is 5.81. The molecule has 84 valence electrons. The molecule has 1 amide bonds. The number of hydrogen-bond donors (Lipinski definition) is 0. The van der Waals surface area contributed by atoms with Crippen LogP contribution in [0.4, 0.5) is 0 Å². The molecule has 0 aliphatic heterocycles. The van der Waals surface area contributed by atoms with Crippen LogP contribution in [0.15, 0.2) is 16.7 Å². The minimum atomic E-state index is -0.208. The summed E-state index contributed by atoms with van der Waals surface area (Å²) >= 11 is 3.40. The van der Waals surface area contributed by atoms with Crippen molar-refractivity contribution in [2.45, 2.75) is 26.3 Å². The van der Waals surface area contributed by atoms with Crippen LogP contribution in [0.2, 0.25) is 0 Å².